The molecule has 0 atom stereocenters. The third-order valence-corrected chi connectivity index (χ3v) is 6.54. The van der Waals surface area contributed by atoms with Crippen molar-refractivity contribution in [3.8, 4) is 33.4 Å². The van der Waals surface area contributed by atoms with Crippen molar-refractivity contribution in [2.75, 3.05) is 0 Å². The molecule has 1 heteroatoms. The average Bonchev–Trinajstić information content (AvgIpc) is 2.86. The molecule has 0 nitrogen and oxygen atoms in total. The summed E-state index contributed by atoms with van der Waals surface area (Å²) in [5, 5.41) is 5.16. The molecule has 6 rings (SSSR count). The zero-order valence-corrected chi connectivity index (χ0v) is 16.1. The van der Waals surface area contributed by atoms with Gasteiger partial charge < -0.3 is 0 Å². The molecule has 0 aromatic heterocycles. The second-order valence-corrected chi connectivity index (χ2v) is 7.85. The minimum atomic E-state index is 1.18. The molecule has 0 amide bonds. The summed E-state index contributed by atoms with van der Waals surface area (Å²) >= 11 is 3.91. The minimum absolute atomic E-state index is 1.18. The fourth-order valence-corrected chi connectivity index (χ4v) is 5.25. The second kappa shape index (κ2) is 5.55. The van der Waals surface area contributed by atoms with Crippen LogP contribution in [0.5, 0.6) is 0 Å². The fourth-order valence-electron chi connectivity index (χ4n) is 4.57. The van der Waals surface area contributed by atoms with Crippen molar-refractivity contribution in [3.05, 3.63) is 95.5 Å². The standard InChI is InChI=1S/C26H15Br/c27-26-22-13-6-5-12-21(22)24-19-11-4-3-10-17(19)16-8-1-2-9-18(16)20-14-7-15-23(26)25(20)24/h1-15H. The molecule has 126 valence electrons. The predicted molar refractivity (Wildman–Crippen MR) is 119 cm³/mol. The zero-order chi connectivity index (χ0) is 18.0. The largest absolute Gasteiger partial charge is 0.0616 e. The molecule has 0 saturated heterocycles. The van der Waals surface area contributed by atoms with Crippen LogP contribution >= 0.6 is 15.9 Å². The highest BCUT2D eigenvalue weighted by molar-refractivity contribution is 9.10. The van der Waals surface area contributed by atoms with Crippen molar-refractivity contribution < 1.29 is 0 Å². The lowest BCUT2D eigenvalue weighted by Crippen LogP contribution is -1.89. The Morgan fingerprint density at radius 3 is 1.63 bits per heavy atom. The van der Waals surface area contributed by atoms with E-state index < -0.39 is 0 Å². The summed E-state index contributed by atoms with van der Waals surface area (Å²) in [6, 6.07) is 33.0. The number of benzene rings is 5. The van der Waals surface area contributed by atoms with Gasteiger partial charge in [-0.05, 0) is 70.9 Å². The van der Waals surface area contributed by atoms with Crippen molar-refractivity contribution in [1.29, 1.82) is 0 Å². The normalized spacial score (nSPS) is 11.9. The van der Waals surface area contributed by atoms with Crippen molar-refractivity contribution in [3.63, 3.8) is 0 Å². The zero-order valence-electron chi connectivity index (χ0n) is 14.5. The van der Waals surface area contributed by atoms with E-state index >= 15 is 0 Å². The molecule has 5 aromatic rings. The fraction of sp³-hybridized carbons (Fsp3) is 0. The Kier molecular flexibility index (Phi) is 3.12. The van der Waals surface area contributed by atoms with E-state index in [0.29, 0.717) is 0 Å². The van der Waals surface area contributed by atoms with Crippen LogP contribution in [0, 0.1) is 0 Å². The van der Waals surface area contributed by atoms with E-state index in [0.717, 1.165) is 0 Å². The number of hydrogen-bond acceptors (Lipinski definition) is 0. The van der Waals surface area contributed by atoms with E-state index in [-0.39, 0.29) is 0 Å². The van der Waals surface area contributed by atoms with Gasteiger partial charge in [0.15, 0.2) is 0 Å². The van der Waals surface area contributed by atoms with Gasteiger partial charge in [-0.2, -0.15) is 0 Å². The third-order valence-electron chi connectivity index (χ3n) is 5.69. The first-order chi connectivity index (χ1) is 13.3. The van der Waals surface area contributed by atoms with Gasteiger partial charge in [0.1, 0.15) is 0 Å². The van der Waals surface area contributed by atoms with Crippen molar-refractivity contribution in [2.45, 2.75) is 0 Å². The molecule has 0 spiro atoms. The van der Waals surface area contributed by atoms with E-state index in [1.165, 1.54) is 59.4 Å². The highest BCUT2D eigenvalue weighted by atomic mass is 79.9. The summed E-state index contributed by atoms with van der Waals surface area (Å²) in [6.45, 7) is 0. The molecule has 0 saturated carbocycles. The topological polar surface area (TPSA) is 0 Å². The van der Waals surface area contributed by atoms with E-state index in [4.69, 9.17) is 0 Å². The summed E-state index contributed by atoms with van der Waals surface area (Å²) < 4.78 is 1.18. The van der Waals surface area contributed by atoms with E-state index in [1.807, 2.05) is 0 Å². The Bertz CT molecular complexity index is 1380. The van der Waals surface area contributed by atoms with Crippen molar-refractivity contribution in [2.24, 2.45) is 0 Å². The van der Waals surface area contributed by atoms with Crippen LogP contribution in [-0.4, -0.2) is 0 Å². The van der Waals surface area contributed by atoms with Crippen molar-refractivity contribution in [1.82, 2.24) is 0 Å². The number of halogens is 1. The SMILES string of the molecule is Brc1c2ccccc2c2c3c(cccc13)-c1ccccc1-c1ccccc1-2. The first-order valence-electron chi connectivity index (χ1n) is 9.17. The van der Waals surface area contributed by atoms with Crippen LogP contribution in [0.15, 0.2) is 95.5 Å². The Labute approximate surface area is 166 Å². The predicted octanol–water partition coefficient (Wildman–Crippen LogP) is 8.07. The van der Waals surface area contributed by atoms with E-state index in [2.05, 4.69) is 107 Å². The lowest BCUT2D eigenvalue weighted by molar-refractivity contribution is 1.62. The summed E-state index contributed by atoms with van der Waals surface area (Å²) in [5.41, 5.74) is 7.86. The molecular formula is C26H15Br. The molecular weight excluding hydrogens is 392 g/mol. The van der Waals surface area contributed by atoms with Gasteiger partial charge >= 0.3 is 0 Å². The second-order valence-electron chi connectivity index (χ2n) is 7.05. The highest BCUT2D eigenvalue weighted by Gasteiger charge is 2.23. The summed E-state index contributed by atoms with van der Waals surface area (Å²) in [5.74, 6) is 0. The molecule has 1 aliphatic rings. The van der Waals surface area contributed by atoms with Gasteiger partial charge in [0.05, 0.1) is 0 Å². The Balaban J connectivity index is 2.00. The maximum absolute atomic E-state index is 3.91. The lowest BCUT2D eigenvalue weighted by Gasteiger charge is -2.16. The number of rotatable bonds is 0. The van der Waals surface area contributed by atoms with E-state index in [9.17, 15) is 0 Å². The lowest BCUT2D eigenvalue weighted by atomic mass is 9.89. The number of hydrogen-bond donors (Lipinski definition) is 0. The Morgan fingerprint density at radius 2 is 0.889 bits per heavy atom. The molecule has 0 N–H and O–H groups in total. The van der Waals surface area contributed by atoms with Crippen LogP contribution in [0.1, 0.15) is 0 Å². The van der Waals surface area contributed by atoms with Crippen LogP contribution in [0.2, 0.25) is 0 Å². The molecule has 27 heavy (non-hydrogen) atoms. The molecule has 5 aromatic carbocycles. The van der Waals surface area contributed by atoms with Gasteiger partial charge in [0.25, 0.3) is 0 Å². The first kappa shape index (κ1) is 15.2. The van der Waals surface area contributed by atoms with Gasteiger partial charge in [-0.25, -0.2) is 0 Å². The van der Waals surface area contributed by atoms with Crippen molar-refractivity contribution >= 4 is 37.5 Å². The highest BCUT2D eigenvalue weighted by Crippen LogP contribution is 2.51. The number of fused-ring (bicyclic) bond motifs is 7. The molecule has 0 fully saturated rings. The summed E-state index contributed by atoms with van der Waals surface area (Å²) in [6.07, 6.45) is 0. The average molecular weight is 407 g/mol. The van der Waals surface area contributed by atoms with Gasteiger partial charge in [-0.15, -0.1) is 0 Å². The monoisotopic (exact) mass is 406 g/mol. The van der Waals surface area contributed by atoms with Crippen LogP contribution < -0.4 is 0 Å². The maximum atomic E-state index is 3.91. The Morgan fingerprint density at radius 1 is 0.407 bits per heavy atom. The van der Waals surface area contributed by atoms with Crippen LogP contribution in [-0.2, 0) is 0 Å². The quantitative estimate of drug-likeness (QED) is 0.223. The molecule has 0 heterocycles. The third kappa shape index (κ3) is 1.98. The first-order valence-corrected chi connectivity index (χ1v) is 9.96. The summed E-state index contributed by atoms with van der Waals surface area (Å²) in [4.78, 5) is 0. The molecule has 0 unspecified atom stereocenters. The minimum Gasteiger partial charge on any atom is -0.0616 e. The molecule has 0 radical (unpaired) electrons. The summed E-state index contributed by atoms with van der Waals surface area (Å²) in [7, 11) is 0. The van der Waals surface area contributed by atoms with Crippen LogP contribution in [0.4, 0.5) is 0 Å². The van der Waals surface area contributed by atoms with Crippen LogP contribution in [0.25, 0.3) is 54.9 Å². The molecule has 1 aliphatic carbocycles. The van der Waals surface area contributed by atoms with Gasteiger partial charge in [-0.3, -0.25) is 0 Å². The van der Waals surface area contributed by atoms with Crippen LogP contribution in [0.3, 0.4) is 0 Å². The molecule has 0 aliphatic heterocycles. The Hall–Kier alpha value is -2.90. The van der Waals surface area contributed by atoms with Gasteiger partial charge in [0, 0.05) is 4.47 Å². The van der Waals surface area contributed by atoms with Gasteiger partial charge in [-0.1, -0.05) is 91.0 Å². The smallest absolute Gasteiger partial charge is 0.0332 e. The van der Waals surface area contributed by atoms with E-state index in [1.54, 1.807) is 0 Å². The maximum Gasteiger partial charge on any atom is 0.0332 e. The molecule has 0 bridgehead atoms. The van der Waals surface area contributed by atoms with Gasteiger partial charge in [0.2, 0.25) is 0 Å².